The van der Waals surface area contributed by atoms with Crippen LogP contribution in [0.25, 0.3) is 11.1 Å². The van der Waals surface area contributed by atoms with Gasteiger partial charge in [0.05, 0.1) is 14.2 Å². The zero-order valence-corrected chi connectivity index (χ0v) is 13.5. The van der Waals surface area contributed by atoms with Crippen LogP contribution in [-0.4, -0.2) is 20.1 Å². The molecule has 0 heterocycles. The van der Waals surface area contributed by atoms with Crippen LogP contribution >= 0.6 is 0 Å². The number of methoxy groups -OCH3 is 2. The highest BCUT2D eigenvalue weighted by molar-refractivity contribution is 5.94. The lowest BCUT2D eigenvalue weighted by Gasteiger charge is -2.24. The lowest BCUT2D eigenvalue weighted by Crippen LogP contribution is -2.28. The minimum Gasteiger partial charge on any atom is -0.497 e. The average molecular weight is 311 g/mol. The van der Waals surface area contributed by atoms with Crippen molar-refractivity contribution >= 4 is 11.6 Å². The van der Waals surface area contributed by atoms with Crippen LogP contribution in [0.3, 0.4) is 0 Å². The molecule has 0 radical (unpaired) electrons. The fourth-order valence-electron chi connectivity index (χ4n) is 2.70. The largest absolute Gasteiger partial charge is 0.497 e. The highest BCUT2D eigenvalue weighted by Gasteiger charge is 2.25. The Kier molecular flexibility index (Phi) is 4.51. The van der Waals surface area contributed by atoms with E-state index in [0.717, 1.165) is 47.6 Å². The van der Waals surface area contributed by atoms with E-state index < -0.39 is 0 Å². The second-order valence-electron chi connectivity index (χ2n) is 5.76. The van der Waals surface area contributed by atoms with Gasteiger partial charge < -0.3 is 14.8 Å². The van der Waals surface area contributed by atoms with E-state index in [9.17, 15) is 4.79 Å². The Bertz CT molecular complexity index is 690. The Labute approximate surface area is 136 Å². The number of hydrogen-bond donors (Lipinski definition) is 1. The van der Waals surface area contributed by atoms with Crippen LogP contribution in [0, 0.1) is 5.92 Å². The van der Waals surface area contributed by atoms with E-state index in [1.54, 1.807) is 14.2 Å². The molecule has 1 aliphatic rings. The minimum atomic E-state index is 0.113. The fraction of sp³-hybridized carbons (Fsp3) is 0.316. The van der Waals surface area contributed by atoms with Gasteiger partial charge in [0.15, 0.2) is 0 Å². The second kappa shape index (κ2) is 6.73. The molecule has 0 aliphatic heterocycles. The standard InChI is InChI=1S/C19H21NO3/c1-22-16-9-6-13(7-10-16)17-12-15(8-11-18(17)23-2)20-19(21)14-4-3-5-14/h6-12,14H,3-5H2,1-2H3,(H,20,21). The fourth-order valence-corrected chi connectivity index (χ4v) is 2.70. The molecule has 4 heteroatoms. The van der Waals surface area contributed by atoms with Crippen LogP contribution < -0.4 is 14.8 Å². The first-order valence-electron chi connectivity index (χ1n) is 7.84. The van der Waals surface area contributed by atoms with Crippen LogP contribution in [-0.2, 0) is 4.79 Å². The van der Waals surface area contributed by atoms with Gasteiger partial charge in [0.25, 0.3) is 0 Å². The van der Waals surface area contributed by atoms with Crippen molar-refractivity contribution in [2.75, 3.05) is 19.5 Å². The second-order valence-corrected chi connectivity index (χ2v) is 5.76. The molecule has 0 bridgehead atoms. The molecule has 1 saturated carbocycles. The first kappa shape index (κ1) is 15.4. The number of carbonyl (C=O) groups excluding carboxylic acids is 1. The van der Waals surface area contributed by atoms with Crippen molar-refractivity contribution in [2.45, 2.75) is 19.3 Å². The van der Waals surface area contributed by atoms with Crippen LogP contribution in [0.2, 0.25) is 0 Å². The molecule has 1 aliphatic carbocycles. The number of benzene rings is 2. The Hall–Kier alpha value is -2.49. The van der Waals surface area contributed by atoms with Crippen LogP contribution in [0.15, 0.2) is 42.5 Å². The summed E-state index contributed by atoms with van der Waals surface area (Å²) in [5, 5.41) is 3.01. The summed E-state index contributed by atoms with van der Waals surface area (Å²) < 4.78 is 10.6. The van der Waals surface area contributed by atoms with Gasteiger partial charge in [-0.25, -0.2) is 0 Å². The molecule has 1 N–H and O–H groups in total. The van der Waals surface area contributed by atoms with Gasteiger partial charge in [-0.3, -0.25) is 4.79 Å². The van der Waals surface area contributed by atoms with E-state index in [-0.39, 0.29) is 11.8 Å². The van der Waals surface area contributed by atoms with E-state index >= 15 is 0 Å². The molecular formula is C19H21NO3. The van der Waals surface area contributed by atoms with Crippen molar-refractivity contribution in [3.8, 4) is 22.6 Å². The van der Waals surface area contributed by atoms with Crippen molar-refractivity contribution in [3.63, 3.8) is 0 Å². The topological polar surface area (TPSA) is 47.6 Å². The zero-order valence-electron chi connectivity index (χ0n) is 13.5. The number of anilines is 1. The SMILES string of the molecule is COc1ccc(-c2cc(NC(=O)C3CCC3)ccc2OC)cc1. The summed E-state index contributed by atoms with van der Waals surface area (Å²) in [6.07, 6.45) is 3.14. The van der Waals surface area contributed by atoms with Crippen molar-refractivity contribution in [2.24, 2.45) is 5.92 Å². The Balaban J connectivity index is 1.87. The lowest BCUT2D eigenvalue weighted by molar-refractivity contribution is -0.122. The Morgan fingerprint density at radius 1 is 1.04 bits per heavy atom. The summed E-state index contributed by atoms with van der Waals surface area (Å²) >= 11 is 0. The normalized spacial score (nSPS) is 14.0. The predicted molar refractivity (Wildman–Crippen MR) is 91.0 cm³/mol. The van der Waals surface area contributed by atoms with Crippen molar-refractivity contribution in [1.29, 1.82) is 0 Å². The van der Waals surface area contributed by atoms with Crippen molar-refractivity contribution in [3.05, 3.63) is 42.5 Å². The highest BCUT2D eigenvalue weighted by atomic mass is 16.5. The van der Waals surface area contributed by atoms with E-state index in [1.807, 2.05) is 42.5 Å². The molecule has 0 spiro atoms. The molecule has 120 valence electrons. The summed E-state index contributed by atoms with van der Waals surface area (Å²) in [5.41, 5.74) is 2.76. The number of nitrogens with one attached hydrogen (secondary N) is 1. The maximum Gasteiger partial charge on any atom is 0.227 e. The van der Waals surface area contributed by atoms with Gasteiger partial charge in [0, 0.05) is 17.2 Å². The quantitative estimate of drug-likeness (QED) is 0.904. The smallest absolute Gasteiger partial charge is 0.227 e. The lowest BCUT2D eigenvalue weighted by atomic mass is 9.85. The zero-order chi connectivity index (χ0) is 16.2. The van der Waals surface area contributed by atoms with E-state index in [2.05, 4.69) is 5.32 Å². The molecule has 3 rings (SSSR count). The van der Waals surface area contributed by atoms with Gasteiger partial charge >= 0.3 is 0 Å². The van der Waals surface area contributed by atoms with Crippen molar-refractivity contribution in [1.82, 2.24) is 0 Å². The first-order valence-corrected chi connectivity index (χ1v) is 7.84. The van der Waals surface area contributed by atoms with E-state index in [0.29, 0.717) is 0 Å². The van der Waals surface area contributed by atoms with Gasteiger partial charge in [0.2, 0.25) is 5.91 Å². The maximum absolute atomic E-state index is 12.1. The molecule has 0 unspecified atom stereocenters. The number of ether oxygens (including phenoxy) is 2. The van der Waals surface area contributed by atoms with Gasteiger partial charge in [-0.05, 0) is 48.7 Å². The minimum absolute atomic E-state index is 0.113. The Morgan fingerprint density at radius 3 is 2.35 bits per heavy atom. The first-order chi connectivity index (χ1) is 11.2. The molecule has 2 aromatic carbocycles. The number of amides is 1. The van der Waals surface area contributed by atoms with Crippen LogP contribution in [0.4, 0.5) is 5.69 Å². The van der Waals surface area contributed by atoms with Gasteiger partial charge in [0.1, 0.15) is 11.5 Å². The molecule has 0 atom stereocenters. The number of carbonyl (C=O) groups is 1. The summed E-state index contributed by atoms with van der Waals surface area (Å²) in [5.74, 6) is 1.86. The highest BCUT2D eigenvalue weighted by Crippen LogP contribution is 2.34. The van der Waals surface area contributed by atoms with Gasteiger partial charge in [-0.15, -0.1) is 0 Å². The summed E-state index contributed by atoms with van der Waals surface area (Å²) in [6.45, 7) is 0. The third kappa shape index (κ3) is 3.31. The molecule has 2 aromatic rings. The molecule has 1 amide bonds. The summed E-state index contributed by atoms with van der Waals surface area (Å²) in [7, 11) is 3.29. The van der Waals surface area contributed by atoms with E-state index in [4.69, 9.17) is 9.47 Å². The van der Waals surface area contributed by atoms with Gasteiger partial charge in [-0.1, -0.05) is 18.6 Å². The third-order valence-corrected chi connectivity index (χ3v) is 4.34. The molecule has 0 aromatic heterocycles. The summed E-state index contributed by atoms with van der Waals surface area (Å²) in [6, 6.07) is 13.5. The predicted octanol–water partition coefficient (Wildman–Crippen LogP) is 4.11. The van der Waals surface area contributed by atoms with Crippen LogP contribution in [0.1, 0.15) is 19.3 Å². The average Bonchev–Trinajstić information content (AvgIpc) is 2.53. The molecule has 4 nitrogen and oxygen atoms in total. The summed E-state index contributed by atoms with van der Waals surface area (Å²) in [4.78, 5) is 12.1. The van der Waals surface area contributed by atoms with Crippen molar-refractivity contribution < 1.29 is 14.3 Å². The number of rotatable bonds is 5. The molecule has 0 saturated heterocycles. The number of hydrogen-bond acceptors (Lipinski definition) is 3. The third-order valence-electron chi connectivity index (χ3n) is 4.34. The van der Waals surface area contributed by atoms with E-state index in [1.165, 1.54) is 0 Å². The van der Waals surface area contributed by atoms with Crippen LogP contribution in [0.5, 0.6) is 11.5 Å². The van der Waals surface area contributed by atoms with Gasteiger partial charge in [-0.2, -0.15) is 0 Å². The molecular weight excluding hydrogens is 290 g/mol. The molecule has 1 fully saturated rings. The Morgan fingerprint density at radius 2 is 1.78 bits per heavy atom. The monoisotopic (exact) mass is 311 g/mol. The maximum atomic E-state index is 12.1. The molecule has 23 heavy (non-hydrogen) atoms.